The van der Waals surface area contributed by atoms with Gasteiger partial charge in [-0.2, -0.15) is 0 Å². The summed E-state index contributed by atoms with van der Waals surface area (Å²) in [6.07, 6.45) is 1.63. The van der Waals surface area contributed by atoms with Crippen LogP contribution < -0.4 is 0 Å². The van der Waals surface area contributed by atoms with Gasteiger partial charge in [-0.05, 0) is 43.5 Å². The molecule has 0 spiro atoms. The lowest BCUT2D eigenvalue weighted by Crippen LogP contribution is -2.41. The smallest absolute Gasteiger partial charge is 0.229 e. The molecule has 0 aliphatic carbocycles. The number of hydrogen-bond acceptors (Lipinski definition) is 2. The lowest BCUT2D eigenvalue weighted by molar-refractivity contribution is -0.133. The molecule has 1 fully saturated rings. The molecule has 4 aromatic rings. The van der Waals surface area contributed by atoms with Crippen molar-refractivity contribution < 1.29 is 9.18 Å². The van der Waals surface area contributed by atoms with Gasteiger partial charge in [0.05, 0.1) is 17.0 Å². The number of piperidine rings is 1. The Balaban J connectivity index is 1.41. The number of rotatable bonds is 4. The van der Waals surface area contributed by atoms with Crippen LogP contribution in [-0.4, -0.2) is 33.4 Å². The summed E-state index contributed by atoms with van der Waals surface area (Å²) >= 11 is 0. The van der Waals surface area contributed by atoms with Gasteiger partial charge in [-0.3, -0.25) is 4.79 Å². The summed E-state index contributed by atoms with van der Waals surface area (Å²) in [4.78, 5) is 19.9. The molecular formula is C27H26FN3O. The number of amides is 1. The van der Waals surface area contributed by atoms with Crippen molar-refractivity contribution in [2.75, 3.05) is 13.1 Å². The van der Waals surface area contributed by atoms with Crippen LogP contribution in [0.1, 0.15) is 37.3 Å². The number of imidazole rings is 1. The second-order valence-corrected chi connectivity index (χ2v) is 8.49. The molecule has 1 aromatic heterocycles. The minimum Gasteiger partial charge on any atom is -0.342 e. The van der Waals surface area contributed by atoms with Crippen LogP contribution in [0.3, 0.4) is 0 Å². The summed E-state index contributed by atoms with van der Waals surface area (Å²) in [5.74, 6) is 0.603. The highest BCUT2D eigenvalue weighted by molar-refractivity contribution is 5.83. The van der Waals surface area contributed by atoms with Gasteiger partial charge in [-0.15, -0.1) is 0 Å². The van der Waals surface area contributed by atoms with Crippen molar-refractivity contribution in [3.63, 3.8) is 0 Å². The van der Waals surface area contributed by atoms with Gasteiger partial charge in [0.2, 0.25) is 5.91 Å². The number of benzene rings is 3. The second-order valence-electron chi connectivity index (χ2n) is 8.49. The molecule has 1 amide bonds. The van der Waals surface area contributed by atoms with E-state index in [0.29, 0.717) is 13.1 Å². The van der Waals surface area contributed by atoms with Gasteiger partial charge in [0.1, 0.15) is 11.6 Å². The van der Waals surface area contributed by atoms with E-state index in [1.54, 1.807) is 12.1 Å². The fraction of sp³-hybridized carbons (Fsp3) is 0.259. The Bertz CT molecular complexity index is 1230. The first-order valence-corrected chi connectivity index (χ1v) is 11.2. The Kier molecular flexibility index (Phi) is 5.48. The molecule has 4 nitrogen and oxygen atoms in total. The molecular weight excluding hydrogens is 401 g/mol. The fourth-order valence-corrected chi connectivity index (χ4v) is 4.73. The SMILES string of the molecule is C[C@@H](C(=O)N1CCC(n2c(-c3ccccc3)nc3ccc(F)cc32)CC1)c1ccccc1. The maximum atomic E-state index is 14.1. The highest BCUT2D eigenvalue weighted by Gasteiger charge is 2.29. The first kappa shape index (κ1) is 20.4. The van der Waals surface area contributed by atoms with E-state index in [1.165, 1.54) is 6.07 Å². The van der Waals surface area contributed by atoms with E-state index < -0.39 is 0 Å². The minimum absolute atomic E-state index is 0.157. The van der Waals surface area contributed by atoms with Crippen LogP contribution >= 0.6 is 0 Å². The predicted molar refractivity (Wildman–Crippen MR) is 125 cm³/mol. The molecule has 0 unspecified atom stereocenters. The highest BCUT2D eigenvalue weighted by Crippen LogP contribution is 2.34. The van der Waals surface area contributed by atoms with Crippen molar-refractivity contribution in [3.05, 3.63) is 90.2 Å². The third-order valence-corrected chi connectivity index (χ3v) is 6.49. The molecule has 1 saturated heterocycles. The molecule has 0 bridgehead atoms. The van der Waals surface area contributed by atoms with Crippen molar-refractivity contribution in [3.8, 4) is 11.4 Å². The lowest BCUT2D eigenvalue weighted by Gasteiger charge is -2.35. The molecule has 0 N–H and O–H groups in total. The molecule has 0 saturated carbocycles. The highest BCUT2D eigenvalue weighted by atomic mass is 19.1. The van der Waals surface area contributed by atoms with Crippen LogP contribution in [0.15, 0.2) is 78.9 Å². The van der Waals surface area contributed by atoms with Crippen LogP contribution in [0.25, 0.3) is 22.4 Å². The van der Waals surface area contributed by atoms with Gasteiger partial charge < -0.3 is 9.47 Å². The second kappa shape index (κ2) is 8.58. The summed E-state index contributed by atoms with van der Waals surface area (Å²) < 4.78 is 16.3. The van der Waals surface area contributed by atoms with E-state index in [0.717, 1.165) is 40.8 Å². The number of fused-ring (bicyclic) bond motifs is 1. The van der Waals surface area contributed by atoms with Crippen molar-refractivity contribution in [2.24, 2.45) is 0 Å². The Hall–Kier alpha value is -3.47. The Morgan fingerprint density at radius 2 is 1.62 bits per heavy atom. The average molecular weight is 428 g/mol. The van der Waals surface area contributed by atoms with Crippen molar-refractivity contribution in [1.82, 2.24) is 14.5 Å². The number of aromatic nitrogens is 2. The maximum absolute atomic E-state index is 14.1. The summed E-state index contributed by atoms with van der Waals surface area (Å²) in [6.45, 7) is 3.34. The minimum atomic E-state index is -0.262. The summed E-state index contributed by atoms with van der Waals surface area (Å²) in [5.41, 5.74) is 3.66. The molecule has 3 aromatic carbocycles. The number of nitrogens with zero attached hydrogens (tertiary/aromatic N) is 3. The summed E-state index contributed by atoms with van der Waals surface area (Å²) in [7, 11) is 0. The Labute approximate surface area is 187 Å². The van der Waals surface area contributed by atoms with Gasteiger partial charge in [-0.1, -0.05) is 60.7 Å². The van der Waals surface area contributed by atoms with E-state index in [1.807, 2.05) is 72.5 Å². The summed E-state index contributed by atoms with van der Waals surface area (Å²) in [6, 6.07) is 24.9. The van der Waals surface area contributed by atoms with Crippen LogP contribution in [0.2, 0.25) is 0 Å². The first-order valence-electron chi connectivity index (χ1n) is 11.2. The van der Waals surface area contributed by atoms with Crippen LogP contribution in [0.5, 0.6) is 0 Å². The molecule has 162 valence electrons. The van der Waals surface area contributed by atoms with Gasteiger partial charge in [0.25, 0.3) is 0 Å². The molecule has 1 aliphatic heterocycles. The number of carbonyl (C=O) groups excluding carboxylic acids is 1. The standard InChI is InChI=1S/C27H26FN3O/c1-19(20-8-4-2-5-9-20)27(32)30-16-14-23(15-17-30)31-25-18-22(28)12-13-24(25)29-26(31)21-10-6-3-7-11-21/h2-13,18-19,23H,14-17H2,1H3/t19-/m1/s1. The van der Waals surface area contributed by atoms with Crippen molar-refractivity contribution >= 4 is 16.9 Å². The summed E-state index contributed by atoms with van der Waals surface area (Å²) in [5, 5.41) is 0. The molecule has 32 heavy (non-hydrogen) atoms. The Morgan fingerprint density at radius 3 is 2.31 bits per heavy atom. The monoisotopic (exact) mass is 427 g/mol. The normalized spacial score (nSPS) is 15.8. The molecule has 5 rings (SSSR count). The fourth-order valence-electron chi connectivity index (χ4n) is 4.73. The molecule has 0 radical (unpaired) electrons. The van der Waals surface area contributed by atoms with Crippen LogP contribution in [-0.2, 0) is 4.79 Å². The van der Waals surface area contributed by atoms with Crippen molar-refractivity contribution in [1.29, 1.82) is 0 Å². The number of hydrogen-bond donors (Lipinski definition) is 0. The van der Waals surface area contributed by atoms with Gasteiger partial charge >= 0.3 is 0 Å². The van der Waals surface area contributed by atoms with Crippen LogP contribution in [0, 0.1) is 5.82 Å². The zero-order valence-corrected chi connectivity index (χ0v) is 18.1. The first-order chi connectivity index (χ1) is 15.6. The Morgan fingerprint density at radius 1 is 0.969 bits per heavy atom. The maximum Gasteiger partial charge on any atom is 0.229 e. The van der Waals surface area contributed by atoms with E-state index >= 15 is 0 Å². The third-order valence-electron chi connectivity index (χ3n) is 6.49. The quantitative estimate of drug-likeness (QED) is 0.412. The van der Waals surface area contributed by atoms with Crippen LogP contribution in [0.4, 0.5) is 4.39 Å². The molecule has 1 atom stereocenters. The zero-order chi connectivity index (χ0) is 22.1. The molecule has 2 heterocycles. The number of likely N-dealkylation sites (tertiary alicyclic amines) is 1. The van der Waals surface area contributed by atoms with E-state index in [-0.39, 0.29) is 23.7 Å². The average Bonchev–Trinajstić information content (AvgIpc) is 3.23. The lowest BCUT2D eigenvalue weighted by atomic mass is 9.97. The van der Waals surface area contributed by atoms with Gasteiger partial charge in [0.15, 0.2) is 0 Å². The largest absolute Gasteiger partial charge is 0.342 e. The molecule has 5 heteroatoms. The number of halogens is 1. The predicted octanol–water partition coefficient (Wildman–Crippen LogP) is 5.81. The van der Waals surface area contributed by atoms with E-state index in [9.17, 15) is 9.18 Å². The molecule has 1 aliphatic rings. The van der Waals surface area contributed by atoms with Crippen molar-refractivity contribution in [2.45, 2.75) is 31.7 Å². The number of carbonyl (C=O) groups is 1. The van der Waals surface area contributed by atoms with E-state index in [4.69, 9.17) is 4.98 Å². The topological polar surface area (TPSA) is 38.1 Å². The third kappa shape index (κ3) is 3.79. The van der Waals surface area contributed by atoms with E-state index in [2.05, 4.69) is 4.57 Å². The zero-order valence-electron chi connectivity index (χ0n) is 18.1. The van der Waals surface area contributed by atoms with Gasteiger partial charge in [-0.25, -0.2) is 9.37 Å². The van der Waals surface area contributed by atoms with Gasteiger partial charge in [0, 0.05) is 24.7 Å².